The largest absolute Gasteiger partial charge is 0.489 e. The average Bonchev–Trinajstić information content (AvgIpc) is 3.83. The number of ether oxygens (including phenoxy) is 2. The van der Waals surface area contributed by atoms with Gasteiger partial charge in [-0.05, 0) is 86.8 Å². The van der Waals surface area contributed by atoms with Crippen LogP contribution in [-0.2, 0) is 26.8 Å². The molecule has 0 radical (unpaired) electrons. The van der Waals surface area contributed by atoms with Gasteiger partial charge in [-0.2, -0.15) is 0 Å². The zero-order chi connectivity index (χ0) is 30.4. The molecule has 1 aliphatic rings. The Morgan fingerprint density at radius 3 is 2.31 bits per heavy atom. The van der Waals surface area contributed by atoms with Crippen LogP contribution in [0.25, 0.3) is 11.1 Å². The second-order valence-corrected chi connectivity index (χ2v) is 13.8. The summed E-state index contributed by atoms with van der Waals surface area (Å²) in [5.74, 6) is 1.24. The van der Waals surface area contributed by atoms with Crippen LogP contribution >= 0.6 is 7.60 Å². The fourth-order valence-corrected chi connectivity index (χ4v) is 6.96. The first-order valence-electron chi connectivity index (χ1n) is 14.6. The standard InChI is InChI=1S/C33H44FN2O5P/c1-22(2)36(23(3)4)19-27-16-28(13-14-29(27)30-17-33(38-5)35-18-32(30)34)41-20-24-9-8-10-26(15-24)31(25-11-12-25)21-42(37,39-6)40-7/h8-10,13-18,22-23,25,31H,11-12,19-21H2,1-7H3. The molecule has 1 fully saturated rings. The molecule has 42 heavy (non-hydrogen) atoms. The van der Waals surface area contributed by atoms with Gasteiger partial charge in [-0.15, -0.1) is 0 Å². The number of benzene rings is 2. The fourth-order valence-electron chi connectivity index (χ4n) is 5.52. The summed E-state index contributed by atoms with van der Waals surface area (Å²) in [6, 6.07) is 16.3. The van der Waals surface area contributed by atoms with E-state index in [2.05, 4.69) is 49.7 Å². The molecule has 7 nitrogen and oxygen atoms in total. The van der Waals surface area contributed by atoms with E-state index in [0.717, 1.165) is 35.1 Å². The molecule has 0 bridgehead atoms. The van der Waals surface area contributed by atoms with Gasteiger partial charge in [-0.1, -0.05) is 30.3 Å². The Balaban J connectivity index is 1.60. The second kappa shape index (κ2) is 14.1. The lowest BCUT2D eigenvalue weighted by atomic mass is 9.95. The van der Waals surface area contributed by atoms with Crippen molar-refractivity contribution in [2.45, 2.75) is 71.7 Å². The number of nitrogens with zero attached hydrogens (tertiary/aromatic N) is 2. The predicted molar refractivity (Wildman–Crippen MR) is 165 cm³/mol. The summed E-state index contributed by atoms with van der Waals surface area (Å²) in [6.07, 6.45) is 3.78. The Hall–Kier alpha value is -2.77. The van der Waals surface area contributed by atoms with Gasteiger partial charge in [0.2, 0.25) is 5.88 Å². The summed E-state index contributed by atoms with van der Waals surface area (Å²) in [4.78, 5) is 6.37. The number of pyridine rings is 1. The third kappa shape index (κ3) is 7.99. The third-order valence-electron chi connectivity index (χ3n) is 8.04. The Morgan fingerprint density at radius 2 is 1.69 bits per heavy atom. The van der Waals surface area contributed by atoms with Gasteiger partial charge in [0.25, 0.3) is 0 Å². The Morgan fingerprint density at radius 1 is 0.976 bits per heavy atom. The number of rotatable bonds is 15. The molecule has 4 rings (SSSR count). The van der Waals surface area contributed by atoms with Crippen molar-refractivity contribution in [2.24, 2.45) is 5.92 Å². The van der Waals surface area contributed by atoms with Crippen molar-refractivity contribution in [2.75, 3.05) is 27.5 Å². The minimum atomic E-state index is -3.14. The first-order chi connectivity index (χ1) is 20.1. The highest BCUT2D eigenvalue weighted by Crippen LogP contribution is 2.55. The molecular formula is C33H44FN2O5P. The van der Waals surface area contributed by atoms with Crippen molar-refractivity contribution in [1.29, 1.82) is 0 Å². The summed E-state index contributed by atoms with van der Waals surface area (Å²) in [5.41, 5.74) is 4.32. The topological polar surface area (TPSA) is 70.1 Å². The van der Waals surface area contributed by atoms with Crippen LogP contribution in [0, 0.1) is 11.7 Å². The van der Waals surface area contributed by atoms with E-state index in [9.17, 15) is 4.57 Å². The van der Waals surface area contributed by atoms with Crippen LogP contribution in [0.2, 0.25) is 0 Å². The zero-order valence-electron chi connectivity index (χ0n) is 25.8. The maximum Gasteiger partial charge on any atom is 0.330 e. The zero-order valence-corrected chi connectivity index (χ0v) is 26.7. The van der Waals surface area contributed by atoms with Gasteiger partial charge in [0.05, 0.1) is 19.5 Å². The van der Waals surface area contributed by atoms with Crippen LogP contribution in [0.15, 0.2) is 54.7 Å². The van der Waals surface area contributed by atoms with Crippen LogP contribution in [0.3, 0.4) is 0 Å². The molecule has 3 aromatic rings. The molecule has 0 aliphatic heterocycles. The summed E-state index contributed by atoms with van der Waals surface area (Å²) in [5, 5.41) is 0. The van der Waals surface area contributed by atoms with E-state index >= 15 is 4.39 Å². The normalized spacial score (nSPS) is 14.5. The van der Waals surface area contributed by atoms with Crippen molar-refractivity contribution in [3.05, 3.63) is 77.2 Å². The summed E-state index contributed by atoms with van der Waals surface area (Å²) >= 11 is 0. The highest BCUT2D eigenvalue weighted by molar-refractivity contribution is 7.53. The van der Waals surface area contributed by atoms with E-state index in [4.69, 9.17) is 18.5 Å². The Bertz CT molecular complexity index is 1380. The number of aromatic nitrogens is 1. The van der Waals surface area contributed by atoms with Gasteiger partial charge in [0, 0.05) is 44.5 Å². The van der Waals surface area contributed by atoms with Crippen LogP contribution in [0.1, 0.15) is 63.1 Å². The number of hydrogen-bond donors (Lipinski definition) is 0. The minimum absolute atomic E-state index is 0.104. The van der Waals surface area contributed by atoms with Gasteiger partial charge >= 0.3 is 7.60 Å². The molecule has 0 saturated heterocycles. The molecule has 0 spiro atoms. The van der Waals surface area contributed by atoms with Crippen LogP contribution in [0.5, 0.6) is 11.6 Å². The van der Waals surface area contributed by atoms with Crippen molar-refractivity contribution >= 4 is 7.60 Å². The van der Waals surface area contributed by atoms with Gasteiger partial charge in [0.15, 0.2) is 0 Å². The molecule has 1 aliphatic carbocycles. The lowest BCUT2D eigenvalue weighted by Gasteiger charge is -2.31. The summed E-state index contributed by atoms with van der Waals surface area (Å²) in [7, 11) is 1.27. The van der Waals surface area contributed by atoms with E-state index in [1.807, 2.05) is 30.3 Å². The molecule has 1 heterocycles. The van der Waals surface area contributed by atoms with Gasteiger partial charge in [0.1, 0.15) is 18.2 Å². The molecule has 9 heteroatoms. The van der Waals surface area contributed by atoms with Crippen LogP contribution in [0.4, 0.5) is 4.39 Å². The van der Waals surface area contributed by atoms with E-state index in [0.29, 0.717) is 54.5 Å². The molecule has 228 valence electrons. The molecule has 1 unspecified atom stereocenters. The smallest absolute Gasteiger partial charge is 0.330 e. The molecule has 1 aromatic heterocycles. The quantitative estimate of drug-likeness (QED) is 0.164. The highest BCUT2D eigenvalue weighted by atomic mass is 31.2. The van der Waals surface area contributed by atoms with Crippen molar-refractivity contribution in [3.63, 3.8) is 0 Å². The van der Waals surface area contributed by atoms with Crippen molar-refractivity contribution in [3.8, 4) is 22.8 Å². The molecule has 1 saturated carbocycles. The number of halogens is 1. The first-order valence-corrected chi connectivity index (χ1v) is 16.3. The van der Waals surface area contributed by atoms with E-state index in [1.54, 1.807) is 6.07 Å². The van der Waals surface area contributed by atoms with Crippen LogP contribution in [-0.4, -0.2) is 49.5 Å². The van der Waals surface area contributed by atoms with E-state index in [1.165, 1.54) is 27.5 Å². The predicted octanol–water partition coefficient (Wildman–Crippen LogP) is 8.07. The van der Waals surface area contributed by atoms with Crippen LogP contribution < -0.4 is 9.47 Å². The van der Waals surface area contributed by atoms with Gasteiger partial charge in [-0.3, -0.25) is 9.46 Å². The fraction of sp³-hybridized carbons (Fsp3) is 0.485. The van der Waals surface area contributed by atoms with Gasteiger partial charge < -0.3 is 18.5 Å². The van der Waals surface area contributed by atoms with Crippen molar-refractivity contribution in [1.82, 2.24) is 9.88 Å². The molecular weight excluding hydrogens is 554 g/mol. The Kier molecular flexibility index (Phi) is 10.8. The average molecular weight is 599 g/mol. The third-order valence-corrected chi connectivity index (χ3v) is 9.99. The maximum absolute atomic E-state index is 15.0. The monoisotopic (exact) mass is 598 g/mol. The van der Waals surface area contributed by atoms with Crippen molar-refractivity contribution < 1.29 is 27.5 Å². The number of hydrogen-bond acceptors (Lipinski definition) is 7. The van der Waals surface area contributed by atoms with E-state index in [-0.39, 0.29) is 5.92 Å². The highest BCUT2D eigenvalue weighted by Gasteiger charge is 2.38. The minimum Gasteiger partial charge on any atom is -0.489 e. The number of methoxy groups -OCH3 is 1. The lowest BCUT2D eigenvalue weighted by molar-refractivity contribution is 0.166. The molecule has 0 N–H and O–H groups in total. The second-order valence-electron chi connectivity index (χ2n) is 11.5. The first kappa shape index (κ1) is 32.2. The molecule has 2 aromatic carbocycles. The van der Waals surface area contributed by atoms with E-state index < -0.39 is 13.4 Å². The lowest BCUT2D eigenvalue weighted by Crippen LogP contribution is -2.36. The SMILES string of the molecule is COc1cc(-c2ccc(OCc3cccc(C(CP(=O)(OC)OC)C4CC4)c3)cc2CN(C(C)C)C(C)C)c(F)cn1. The summed E-state index contributed by atoms with van der Waals surface area (Å²) < 4.78 is 50.0. The maximum atomic E-state index is 15.0. The Labute approximate surface area is 249 Å². The molecule has 1 atom stereocenters. The van der Waals surface area contributed by atoms with Gasteiger partial charge in [-0.25, -0.2) is 9.37 Å². The molecule has 0 amide bonds. The summed E-state index contributed by atoms with van der Waals surface area (Å²) in [6.45, 7) is 9.65.